The maximum atomic E-state index is 11.1. The van der Waals surface area contributed by atoms with Gasteiger partial charge in [0.15, 0.2) is 0 Å². The maximum Gasteiger partial charge on any atom is 0.337 e. The lowest BCUT2D eigenvalue weighted by Gasteiger charge is -2.27. The van der Waals surface area contributed by atoms with E-state index in [1.807, 2.05) is 6.20 Å². The number of pyridine rings is 1. The van der Waals surface area contributed by atoms with Crippen molar-refractivity contribution in [1.29, 1.82) is 0 Å². The average Bonchev–Trinajstić information content (AvgIpc) is 3.05. The number of carboxylic acids is 1. The van der Waals surface area contributed by atoms with E-state index in [9.17, 15) is 4.79 Å². The first-order chi connectivity index (χ1) is 11.1. The molecule has 0 aromatic carbocycles. The molecule has 1 N–H and O–H groups in total. The average molecular weight is 312 g/mol. The van der Waals surface area contributed by atoms with Crippen LogP contribution in [-0.4, -0.2) is 43.5 Å². The lowest BCUT2D eigenvalue weighted by atomic mass is 10.1. The van der Waals surface area contributed by atoms with Crippen molar-refractivity contribution in [3.05, 3.63) is 42.1 Å². The van der Waals surface area contributed by atoms with E-state index in [1.165, 1.54) is 6.20 Å². The monoisotopic (exact) mass is 312 g/mol. The van der Waals surface area contributed by atoms with Gasteiger partial charge in [-0.2, -0.15) is 0 Å². The van der Waals surface area contributed by atoms with Crippen LogP contribution in [0.5, 0.6) is 0 Å². The predicted octanol–water partition coefficient (Wildman–Crippen LogP) is 2.78. The molecule has 0 aliphatic carbocycles. The van der Waals surface area contributed by atoms with E-state index in [-0.39, 0.29) is 11.6 Å². The third kappa shape index (κ3) is 3.22. The molecule has 1 fully saturated rings. The van der Waals surface area contributed by atoms with E-state index in [0.717, 1.165) is 25.1 Å². The van der Waals surface area contributed by atoms with E-state index in [2.05, 4.69) is 28.7 Å². The van der Waals surface area contributed by atoms with E-state index in [0.29, 0.717) is 17.3 Å². The summed E-state index contributed by atoms with van der Waals surface area (Å²) in [7, 11) is 0. The number of hydrogen-bond acceptors (Lipinski definition) is 5. The topological polar surface area (TPSA) is 79.2 Å². The van der Waals surface area contributed by atoms with Gasteiger partial charge in [-0.15, -0.1) is 0 Å². The smallest absolute Gasteiger partial charge is 0.337 e. The van der Waals surface area contributed by atoms with Crippen LogP contribution in [0.4, 0.5) is 0 Å². The van der Waals surface area contributed by atoms with Crippen LogP contribution in [0, 0.1) is 0 Å². The Balaban J connectivity index is 1.94. The Kier molecular flexibility index (Phi) is 4.34. The van der Waals surface area contributed by atoms with Crippen molar-refractivity contribution < 1.29 is 9.90 Å². The second kappa shape index (κ2) is 6.42. The molecule has 3 heterocycles. The van der Waals surface area contributed by atoms with Crippen LogP contribution in [0.2, 0.25) is 0 Å². The Morgan fingerprint density at radius 1 is 1.26 bits per heavy atom. The lowest BCUT2D eigenvalue weighted by molar-refractivity contribution is 0.0696. The van der Waals surface area contributed by atoms with Crippen molar-refractivity contribution in [3.8, 4) is 11.3 Å². The van der Waals surface area contributed by atoms with Gasteiger partial charge in [0, 0.05) is 24.0 Å². The van der Waals surface area contributed by atoms with Gasteiger partial charge in [0.2, 0.25) is 0 Å². The molecule has 3 rings (SSSR count). The summed E-state index contributed by atoms with van der Waals surface area (Å²) in [5.74, 6) is -0.995. The summed E-state index contributed by atoms with van der Waals surface area (Å²) >= 11 is 0. The SMILES string of the molecule is CC(C)N1CCCC1c1cncc(-c2cncc(C(=O)O)c2)n1. The number of nitrogens with zero attached hydrogens (tertiary/aromatic N) is 4. The summed E-state index contributed by atoms with van der Waals surface area (Å²) in [5, 5.41) is 9.10. The zero-order valence-electron chi connectivity index (χ0n) is 13.3. The third-order valence-electron chi connectivity index (χ3n) is 4.23. The van der Waals surface area contributed by atoms with Gasteiger partial charge in [-0.25, -0.2) is 9.78 Å². The van der Waals surface area contributed by atoms with Gasteiger partial charge in [0.25, 0.3) is 0 Å². The number of aromatic nitrogens is 3. The van der Waals surface area contributed by atoms with Crippen molar-refractivity contribution in [3.63, 3.8) is 0 Å². The lowest BCUT2D eigenvalue weighted by Crippen LogP contribution is -2.30. The minimum Gasteiger partial charge on any atom is -0.478 e. The summed E-state index contributed by atoms with van der Waals surface area (Å²) in [5.41, 5.74) is 2.43. The molecule has 1 aliphatic rings. The molecule has 2 aromatic heterocycles. The van der Waals surface area contributed by atoms with Gasteiger partial charge in [0.05, 0.1) is 35.4 Å². The second-order valence-electron chi connectivity index (χ2n) is 6.09. The maximum absolute atomic E-state index is 11.1. The van der Waals surface area contributed by atoms with Crippen molar-refractivity contribution >= 4 is 5.97 Å². The number of aromatic carboxylic acids is 1. The number of hydrogen-bond donors (Lipinski definition) is 1. The normalized spacial score (nSPS) is 18.5. The number of carbonyl (C=O) groups is 1. The van der Waals surface area contributed by atoms with Crippen LogP contribution in [0.1, 0.15) is 48.8 Å². The molecule has 0 radical (unpaired) electrons. The van der Waals surface area contributed by atoms with Crippen LogP contribution >= 0.6 is 0 Å². The van der Waals surface area contributed by atoms with E-state index in [1.54, 1.807) is 18.5 Å². The zero-order valence-corrected chi connectivity index (χ0v) is 13.3. The summed E-state index contributed by atoms with van der Waals surface area (Å²) in [6.07, 6.45) is 8.65. The molecule has 1 aliphatic heterocycles. The van der Waals surface area contributed by atoms with Crippen molar-refractivity contribution in [1.82, 2.24) is 19.9 Å². The van der Waals surface area contributed by atoms with Gasteiger partial charge in [-0.1, -0.05) is 0 Å². The number of likely N-dealkylation sites (tertiary alicyclic amines) is 1. The Labute approximate surface area is 135 Å². The highest BCUT2D eigenvalue weighted by atomic mass is 16.4. The molecular formula is C17H20N4O2. The molecular weight excluding hydrogens is 292 g/mol. The second-order valence-corrected chi connectivity index (χ2v) is 6.09. The molecule has 1 saturated heterocycles. The fourth-order valence-corrected chi connectivity index (χ4v) is 3.10. The van der Waals surface area contributed by atoms with Gasteiger partial charge in [0.1, 0.15) is 0 Å². The summed E-state index contributed by atoms with van der Waals surface area (Å²) in [6, 6.07) is 2.32. The fourth-order valence-electron chi connectivity index (χ4n) is 3.10. The van der Waals surface area contributed by atoms with Crippen LogP contribution in [0.15, 0.2) is 30.9 Å². The quantitative estimate of drug-likeness (QED) is 0.935. The molecule has 23 heavy (non-hydrogen) atoms. The number of carboxylic acid groups (broad SMARTS) is 1. The van der Waals surface area contributed by atoms with Crippen LogP contribution in [0.25, 0.3) is 11.3 Å². The van der Waals surface area contributed by atoms with Gasteiger partial charge in [-0.3, -0.25) is 14.9 Å². The molecule has 6 heteroatoms. The first-order valence-corrected chi connectivity index (χ1v) is 7.82. The van der Waals surface area contributed by atoms with E-state index >= 15 is 0 Å². The highest BCUT2D eigenvalue weighted by Crippen LogP contribution is 2.32. The molecule has 120 valence electrons. The molecule has 2 aromatic rings. The Hall–Kier alpha value is -2.34. The van der Waals surface area contributed by atoms with Gasteiger partial charge in [-0.05, 0) is 39.3 Å². The molecule has 0 spiro atoms. The Bertz CT molecular complexity index is 717. The van der Waals surface area contributed by atoms with E-state index < -0.39 is 5.97 Å². The molecule has 0 bridgehead atoms. The molecule has 0 saturated carbocycles. The summed E-state index contributed by atoms with van der Waals surface area (Å²) in [6.45, 7) is 5.45. The Morgan fingerprint density at radius 2 is 2.04 bits per heavy atom. The summed E-state index contributed by atoms with van der Waals surface area (Å²) < 4.78 is 0. The molecule has 1 unspecified atom stereocenters. The predicted molar refractivity (Wildman–Crippen MR) is 86.0 cm³/mol. The third-order valence-corrected chi connectivity index (χ3v) is 4.23. The zero-order chi connectivity index (χ0) is 16.4. The largest absolute Gasteiger partial charge is 0.478 e. The minimum absolute atomic E-state index is 0.152. The van der Waals surface area contributed by atoms with E-state index in [4.69, 9.17) is 10.1 Å². The standard InChI is InChI=1S/C17H20N4O2/c1-11(2)21-5-3-4-16(21)15-10-19-9-14(20-15)12-6-13(17(22)23)8-18-7-12/h6-11,16H,3-5H2,1-2H3,(H,22,23). The first kappa shape index (κ1) is 15.6. The van der Waals surface area contributed by atoms with Gasteiger partial charge < -0.3 is 5.11 Å². The van der Waals surface area contributed by atoms with Gasteiger partial charge >= 0.3 is 5.97 Å². The van der Waals surface area contributed by atoms with Crippen LogP contribution in [-0.2, 0) is 0 Å². The highest BCUT2D eigenvalue weighted by molar-refractivity contribution is 5.88. The fraction of sp³-hybridized carbons (Fsp3) is 0.412. The molecule has 0 amide bonds. The van der Waals surface area contributed by atoms with Crippen LogP contribution in [0.3, 0.4) is 0 Å². The molecule has 6 nitrogen and oxygen atoms in total. The van der Waals surface area contributed by atoms with Crippen LogP contribution < -0.4 is 0 Å². The minimum atomic E-state index is -0.995. The van der Waals surface area contributed by atoms with Crippen molar-refractivity contribution in [2.24, 2.45) is 0 Å². The highest BCUT2D eigenvalue weighted by Gasteiger charge is 2.29. The molecule has 1 atom stereocenters. The summed E-state index contributed by atoms with van der Waals surface area (Å²) in [4.78, 5) is 26.6. The van der Waals surface area contributed by atoms with Crippen molar-refractivity contribution in [2.45, 2.75) is 38.8 Å². The van der Waals surface area contributed by atoms with Crippen molar-refractivity contribution in [2.75, 3.05) is 6.54 Å². The Morgan fingerprint density at radius 3 is 2.78 bits per heavy atom. The first-order valence-electron chi connectivity index (χ1n) is 7.82. The number of rotatable bonds is 4.